The van der Waals surface area contributed by atoms with Gasteiger partial charge in [0.1, 0.15) is 11.9 Å². The molecule has 0 radical (unpaired) electrons. The third-order valence-corrected chi connectivity index (χ3v) is 1.84. The zero-order valence-electron chi connectivity index (χ0n) is 8.28. The number of terminal acetylenes is 1. The molecule has 0 unspecified atom stereocenters. The molecule has 0 bridgehead atoms. The van der Waals surface area contributed by atoms with Crippen LogP contribution in [-0.4, -0.2) is 5.78 Å². The first kappa shape index (κ1) is 10.3. The minimum atomic E-state index is 0.00871. The van der Waals surface area contributed by atoms with Gasteiger partial charge in [-0.2, -0.15) is 0 Å². The Kier molecular flexibility index (Phi) is 3.30. The molecule has 0 atom stereocenters. The molecule has 14 heavy (non-hydrogen) atoms. The summed E-state index contributed by atoms with van der Waals surface area (Å²) in [5, 5.41) is 0. The molecular formula is C12H12O2. The number of benzene rings is 1. The molecule has 2 heteroatoms. The van der Waals surface area contributed by atoms with Gasteiger partial charge in [-0.15, -0.1) is 0 Å². The Bertz CT molecular complexity index is 355. The lowest BCUT2D eigenvalue weighted by Crippen LogP contribution is -2.06. The largest absolute Gasteiger partial charge is 0.408 e. The second kappa shape index (κ2) is 4.48. The van der Waals surface area contributed by atoms with Gasteiger partial charge in [0.2, 0.25) is 0 Å². The second-order valence-electron chi connectivity index (χ2n) is 3.26. The van der Waals surface area contributed by atoms with Crippen LogP contribution in [0.4, 0.5) is 0 Å². The van der Waals surface area contributed by atoms with E-state index in [0.717, 1.165) is 0 Å². The van der Waals surface area contributed by atoms with Gasteiger partial charge in [-0.25, -0.2) is 0 Å². The van der Waals surface area contributed by atoms with E-state index < -0.39 is 0 Å². The topological polar surface area (TPSA) is 26.3 Å². The molecule has 0 N–H and O–H groups in total. The number of Topliss-reactive ketones (excluding diaryl/α,β-unsaturated/α-hetero) is 1. The molecule has 0 saturated heterocycles. The lowest BCUT2D eigenvalue weighted by atomic mass is 10.0. The van der Waals surface area contributed by atoms with Crippen LogP contribution >= 0.6 is 0 Å². The Labute approximate surface area is 83.9 Å². The molecule has 0 aromatic heterocycles. The lowest BCUT2D eigenvalue weighted by Gasteiger charge is -2.04. The van der Waals surface area contributed by atoms with E-state index in [-0.39, 0.29) is 11.7 Å². The van der Waals surface area contributed by atoms with Gasteiger partial charge in [0.25, 0.3) is 0 Å². The molecule has 0 aliphatic carbocycles. The maximum absolute atomic E-state index is 11.5. The summed E-state index contributed by atoms with van der Waals surface area (Å²) in [6.07, 6.45) is 7.04. The predicted octanol–water partition coefficient (Wildman–Crippen LogP) is 2.49. The van der Waals surface area contributed by atoms with Gasteiger partial charge in [-0.1, -0.05) is 20.3 Å². The summed E-state index contributed by atoms with van der Waals surface area (Å²) in [5.74, 6) is 0.708. The molecule has 1 aromatic rings. The van der Waals surface area contributed by atoms with Crippen molar-refractivity contribution >= 4 is 5.78 Å². The van der Waals surface area contributed by atoms with Crippen LogP contribution in [-0.2, 0) is 0 Å². The van der Waals surface area contributed by atoms with Crippen molar-refractivity contribution in [3.05, 3.63) is 29.8 Å². The zero-order chi connectivity index (χ0) is 10.6. The number of carbonyl (C=O) groups is 1. The van der Waals surface area contributed by atoms with Crippen molar-refractivity contribution in [1.82, 2.24) is 0 Å². The van der Waals surface area contributed by atoms with E-state index in [1.54, 1.807) is 24.3 Å². The zero-order valence-corrected chi connectivity index (χ0v) is 8.28. The normalized spacial score (nSPS) is 9.57. The maximum atomic E-state index is 11.5. The van der Waals surface area contributed by atoms with Crippen molar-refractivity contribution in [1.29, 1.82) is 0 Å². The summed E-state index contributed by atoms with van der Waals surface area (Å²) in [6.45, 7) is 3.74. The lowest BCUT2D eigenvalue weighted by molar-refractivity contribution is 0.0939. The maximum Gasteiger partial charge on any atom is 0.165 e. The van der Waals surface area contributed by atoms with Crippen molar-refractivity contribution in [3.8, 4) is 18.3 Å². The van der Waals surface area contributed by atoms with Crippen molar-refractivity contribution < 1.29 is 9.53 Å². The summed E-state index contributed by atoms with van der Waals surface area (Å²) in [7, 11) is 0. The van der Waals surface area contributed by atoms with Crippen molar-refractivity contribution in [2.75, 3.05) is 0 Å². The Morgan fingerprint density at radius 2 is 1.93 bits per heavy atom. The monoisotopic (exact) mass is 188 g/mol. The van der Waals surface area contributed by atoms with Crippen molar-refractivity contribution in [2.45, 2.75) is 13.8 Å². The van der Waals surface area contributed by atoms with Crippen LogP contribution in [0.1, 0.15) is 24.2 Å². The molecule has 0 aliphatic rings. The van der Waals surface area contributed by atoms with E-state index in [4.69, 9.17) is 11.2 Å². The van der Waals surface area contributed by atoms with Crippen LogP contribution in [0.15, 0.2) is 24.3 Å². The first-order valence-corrected chi connectivity index (χ1v) is 4.42. The molecule has 0 fully saturated rings. The van der Waals surface area contributed by atoms with Gasteiger partial charge < -0.3 is 4.74 Å². The highest BCUT2D eigenvalue weighted by molar-refractivity contribution is 5.97. The van der Waals surface area contributed by atoms with Gasteiger partial charge >= 0.3 is 0 Å². The predicted molar refractivity (Wildman–Crippen MR) is 55.1 cm³/mol. The van der Waals surface area contributed by atoms with Gasteiger partial charge in [-0.05, 0) is 24.3 Å². The van der Waals surface area contributed by atoms with Gasteiger partial charge in [0, 0.05) is 11.5 Å². The molecule has 1 rings (SSSR count). The van der Waals surface area contributed by atoms with Gasteiger partial charge in [0.05, 0.1) is 0 Å². The Morgan fingerprint density at radius 3 is 2.36 bits per heavy atom. The highest BCUT2D eigenvalue weighted by atomic mass is 16.5. The second-order valence-corrected chi connectivity index (χ2v) is 3.26. The van der Waals surface area contributed by atoms with Gasteiger partial charge in [-0.3, -0.25) is 4.79 Å². The average molecular weight is 188 g/mol. The van der Waals surface area contributed by atoms with Crippen LogP contribution in [0.3, 0.4) is 0 Å². The standard InChI is InChI=1S/C12H12O2/c1-4-14-11-7-5-10(6-8-11)12(13)9(2)3/h1,5-9H,2-3H3. The third-order valence-electron chi connectivity index (χ3n) is 1.84. The minimum absolute atomic E-state index is 0.00871. The first-order chi connectivity index (χ1) is 6.65. The van der Waals surface area contributed by atoms with Crippen LogP contribution in [0.2, 0.25) is 0 Å². The molecule has 0 spiro atoms. The first-order valence-electron chi connectivity index (χ1n) is 4.42. The number of ketones is 1. The van der Waals surface area contributed by atoms with E-state index in [2.05, 4.69) is 6.11 Å². The summed E-state index contributed by atoms with van der Waals surface area (Å²) < 4.78 is 4.82. The van der Waals surface area contributed by atoms with Crippen LogP contribution in [0, 0.1) is 18.4 Å². The molecule has 0 saturated carbocycles. The Hall–Kier alpha value is -1.75. The fourth-order valence-electron chi connectivity index (χ4n) is 1.09. The Balaban J connectivity index is 2.84. The van der Waals surface area contributed by atoms with Crippen LogP contribution in [0.25, 0.3) is 0 Å². The quantitative estimate of drug-likeness (QED) is 0.538. The third kappa shape index (κ3) is 2.37. The summed E-state index contributed by atoms with van der Waals surface area (Å²) in [4.78, 5) is 11.5. The number of rotatable bonds is 3. The number of carbonyl (C=O) groups excluding carboxylic acids is 1. The van der Waals surface area contributed by atoms with Crippen LogP contribution < -0.4 is 4.74 Å². The molecular weight excluding hydrogens is 176 g/mol. The van der Waals surface area contributed by atoms with E-state index in [1.165, 1.54) is 0 Å². The molecule has 0 aliphatic heterocycles. The minimum Gasteiger partial charge on any atom is -0.408 e. The molecule has 2 nitrogen and oxygen atoms in total. The fraction of sp³-hybridized carbons (Fsp3) is 0.250. The molecule has 0 amide bonds. The van der Waals surface area contributed by atoms with E-state index in [9.17, 15) is 4.79 Å². The van der Waals surface area contributed by atoms with Crippen LogP contribution in [0.5, 0.6) is 5.75 Å². The van der Waals surface area contributed by atoms with E-state index in [1.807, 2.05) is 13.8 Å². The smallest absolute Gasteiger partial charge is 0.165 e. The van der Waals surface area contributed by atoms with Crippen molar-refractivity contribution in [3.63, 3.8) is 0 Å². The van der Waals surface area contributed by atoms with E-state index >= 15 is 0 Å². The molecule has 1 aromatic carbocycles. The van der Waals surface area contributed by atoms with Gasteiger partial charge in [0.15, 0.2) is 5.78 Å². The fourth-order valence-corrected chi connectivity index (χ4v) is 1.09. The molecule has 0 heterocycles. The van der Waals surface area contributed by atoms with Crippen molar-refractivity contribution in [2.24, 2.45) is 5.92 Å². The summed E-state index contributed by atoms with van der Waals surface area (Å²) >= 11 is 0. The summed E-state index contributed by atoms with van der Waals surface area (Å²) in [5.41, 5.74) is 0.685. The highest BCUT2D eigenvalue weighted by Crippen LogP contribution is 2.14. The number of hydrogen-bond donors (Lipinski definition) is 0. The number of hydrogen-bond acceptors (Lipinski definition) is 2. The van der Waals surface area contributed by atoms with E-state index in [0.29, 0.717) is 11.3 Å². The Morgan fingerprint density at radius 1 is 1.36 bits per heavy atom. The highest BCUT2D eigenvalue weighted by Gasteiger charge is 2.09. The summed E-state index contributed by atoms with van der Waals surface area (Å²) in [6, 6.07) is 6.81. The average Bonchev–Trinajstić information content (AvgIpc) is 2.18. The number of ether oxygens (including phenoxy) is 1. The SMILES string of the molecule is C#COc1ccc(C(=O)C(C)C)cc1. The molecule has 72 valence electrons.